The zero-order chi connectivity index (χ0) is 21.2. The number of hydrogen-bond acceptors (Lipinski definition) is 3. The molecule has 2 aliphatic heterocycles. The second-order valence-electron chi connectivity index (χ2n) is 8.97. The molecular formula is C24H33Cl2MnN4+. The summed E-state index contributed by atoms with van der Waals surface area (Å²) in [5.41, 5.74) is 2.64. The van der Waals surface area contributed by atoms with Gasteiger partial charge < -0.3 is 0 Å². The third-order valence-electron chi connectivity index (χ3n) is 6.85. The first kappa shape index (κ1) is 25.0. The number of para-hydroxylation sites is 1. The number of rotatable bonds is 2. The minimum atomic E-state index is -0.909. The molecule has 0 aromatic heterocycles. The van der Waals surface area contributed by atoms with Crippen LogP contribution < -0.4 is 4.48 Å². The normalized spacial score (nSPS) is 31.8. The van der Waals surface area contributed by atoms with Crippen LogP contribution in [0.2, 0.25) is 0 Å². The minimum absolute atomic E-state index is 0. The van der Waals surface area contributed by atoms with Crippen LogP contribution in [0.3, 0.4) is 0 Å². The molecule has 1 radical (unpaired) electrons. The van der Waals surface area contributed by atoms with Crippen molar-refractivity contribution in [2.45, 2.75) is 10.5 Å². The first-order valence-corrected chi connectivity index (χ1v) is 11.6. The second kappa shape index (κ2) is 10.5. The Balaban J connectivity index is 0.00000272. The van der Waals surface area contributed by atoms with Crippen molar-refractivity contribution in [1.82, 2.24) is 19.2 Å². The molecule has 4 unspecified atom stereocenters. The van der Waals surface area contributed by atoms with E-state index in [9.17, 15) is 0 Å². The Kier molecular flexibility index (Phi) is 8.50. The molecule has 2 aliphatic rings. The molecule has 4 nitrogen and oxygen atoms in total. The first-order chi connectivity index (χ1) is 14.4. The van der Waals surface area contributed by atoms with Gasteiger partial charge in [-0.25, -0.2) is 0 Å². The summed E-state index contributed by atoms with van der Waals surface area (Å²) in [5.74, 6) is 0. The maximum absolute atomic E-state index is 7.07. The van der Waals surface area contributed by atoms with E-state index in [0.29, 0.717) is 12.6 Å². The summed E-state index contributed by atoms with van der Waals surface area (Å²) < 4.78 is -0.180. The fourth-order valence-electron chi connectivity index (χ4n) is 4.82. The van der Waals surface area contributed by atoms with Crippen LogP contribution in [0.1, 0.15) is 11.6 Å². The maximum Gasteiger partial charge on any atom is 0.220 e. The van der Waals surface area contributed by atoms with Gasteiger partial charge in [0.15, 0.2) is 0 Å². The van der Waals surface area contributed by atoms with Crippen LogP contribution in [-0.2, 0) is 17.1 Å². The van der Waals surface area contributed by atoms with E-state index >= 15 is 0 Å². The zero-order valence-electron chi connectivity index (χ0n) is 18.4. The average Bonchev–Trinajstić information content (AvgIpc) is 2.85. The van der Waals surface area contributed by atoms with E-state index in [-0.39, 0.29) is 17.1 Å². The number of fused-ring (bicyclic) bond motifs is 3. The number of benzene rings is 2. The van der Waals surface area contributed by atoms with E-state index in [1.807, 2.05) is 0 Å². The molecular weight excluding hydrogens is 470 g/mol. The minimum Gasteiger partial charge on any atom is -0.297 e. The summed E-state index contributed by atoms with van der Waals surface area (Å²) in [6.45, 7) is 7.33. The average molecular weight is 503 g/mol. The Morgan fingerprint density at radius 1 is 0.871 bits per heavy atom. The van der Waals surface area contributed by atoms with Gasteiger partial charge in [0.05, 0.1) is 13.6 Å². The maximum atomic E-state index is 7.07. The Labute approximate surface area is 207 Å². The zero-order valence-corrected chi connectivity index (χ0v) is 21.1. The summed E-state index contributed by atoms with van der Waals surface area (Å²) >= 11 is 14.1. The SMILES string of the molecule is CN1CCN2CCN(CC[N+](C)(c3ccccc3)CC2(Cl)Cl)CC1c1ccccc1.[Mn]. The van der Waals surface area contributed by atoms with Crippen LogP contribution in [0.4, 0.5) is 5.69 Å². The number of quaternary nitrogens is 1. The number of alkyl halides is 2. The standard InChI is InChI=1S/C24H33Cl2N4.Mn/c1-27-13-15-29-16-14-28(19-23(27)21-9-5-3-6-10-21)17-18-30(2,20-24(29,25)26)22-11-7-4-8-12-22;/h3-12,23H,13-20H2,1-2H3;/q+1;. The van der Waals surface area contributed by atoms with E-state index in [2.05, 4.69) is 89.5 Å². The van der Waals surface area contributed by atoms with Gasteiger partial charge in [0.2, 0.25) is 4.46 Å². The van der Waals surface area contributed by atoms with Gasteiger partial charge in [0, 0.05) is 62.4 Å². The molecule has 4 atom stereocenters. The van der Waals surface area contributed by atoms with Crippen molar-refractivity contribution in [2.75, 3.05) is 66.5 Å². The van der Waals surface area contributed by atoms with Gasteiger partial charge in [-0.05, 0) is 24.7 Å². The van der Waals surface area contributed by atoms with E-state index in [0.717, 1.165) is 50.3 Å². The number of likely N-dealkylation sites (N-methyl/N-ethyl adjacent to an activating group) is 2. The molecule has 2 aromatic rings. The molecule has 169 valence electrons. The molecule has 2 heterocycles. The first-order valence-electron chi connectivity index (χ1n) is 10.9. The molecule has 2 bridgehead atoms. The molecule has 0 N–H and O–H groups in total. The Hall–Kier alpha value is -0.621. The van der Waals surface area contributed by atoms with Crippen molar-refractivity contribution in [3.05, 3.63) is 66.2 Å². The number of halogens is 2. The second-order valence-corrected chi connectivity index (χ2v) is 10.4. The van der Waals surface area contributed by atoms with Gasteiger partial charge in [-0.2, -0.15) is 0 Å². The summed E-state index contributed by atoms with van der Waals surface area (Å²) in [6.07, 6.45) is 0. The summed E-state index contributed by atoms with van der Waals surface area (Å²) in [5, 5.41) is 0. The topological polar surface area (TPSA) is 9.72 Å². The predicted molar refractivity (Wildman–Crippen MR) is 128 cm³/mol. The fraction of sp³-hybridized carbons (Fsp3) is 0.500. The predicted octanol–water partition coefficient (Wildman–Crippen LogP) is 4.06. The number of nitrogens with zero attached hydrogens (tertiary/aromatic N) is 4. The van der Waals surface area contributed by atoms with Gasteiger partial charge in [-0.1, -0.05) is 71.7 Å². The Morgan fingerprint density at radius 3 is 2.16 bits per heavy atom. The van der Waals surface area contributed by atoms with Gasteiger partial charge in [0.1, 0.15) is 12.2 Å². The van der Waals surface area contributed by atoms with E-state index in [1.54, 1.807) is 0 Å². The summed E-state index contributed by atoms with van der Waals surface area (Å²) in [4.78, 5) is 7.33. The summed E-state index contributed by atoms with van der Waals surface area (Å²) in [6, 6.07) is 21.9. The van der Waals surface area contributed by atoms with Crippen LogP contribution >= 0.6 is 23.2 Å². The van der Waals surface area contributed by atoms with Gasteiger partial charge in [-0.15, -0.1) is 0 Å². The Bertz CT molecular complexity index is 823. The van der Waals surface area contributed by atoms with Crippen molar-refractivity contribution in [3.63, 3.8) is 0 Å². The largest absolute Gasteiger partial charge is 0.297 e. The van der Waals surface area contributed by atoms with Crippen molar-refractivity contribution in [3.8, 4) is 0 Å². The van der Waals surface area contributed by atoms with E-state index in [4.69, 9.17) is 23.2 Å². The molecule has 2 saturated heterocycles. The van der Waals surface area contributed by atoms with Crippen LogP contribution in [0.5, 0.6) is 0 Å². The smallest absolute Gasteiger partial charge is 0.220 e. The van der Waals surface area contributed by atoms with Crippen LogP contribution in [0.25, 0.3) is 0 Å². The van der Waals surface area contributed by atoms with Gasteiger partial charge >= 0.3 is 0 Å². The van der Waals surface area contributed by atoms with Crippen molar-refractivity contribution >= 4 is 28.9 Å². The molecule has 7 heteroatoms. The van der Waals surface area contributed by atoms with Crippen LogP contribution in [0, 0.1) is 0 Å². The van der Waals surface area contributed by atoms with Crippen molar-refractivity contribution in [2.24, 2.45) is 0 Å². The quantitative estimate of drug-likeness (QED) is 0.265. The molecule has 0 saturated carbocycles. The molecule has 4 rings (SSSR count). The van der Waals surface area contributed by atoms with Gasteiger partial charge in [0.25, 0.3) is 0 Å². The Morgan fingerprint density at radius 2 is 1.48 bits per heavy atom. The number of hydrogen-bond donors (Lipinski definition) is 0. The van der Waals surface area contributed by atoms with Gasteiger partial charge in [-0.3, -0.25) is 19.2 Å². The third kappa shape index (κ3) is 5.85. The van der Waals surface area contributed by atoms with Crippen molar-refractivity contribution in [1.29, 1.82) is 0 Å². The fourth-order valence-corrected chi connectivity index (χ4v) is 5.68. The van der Waals surface area contributed by atoms with Crippen LogP contribution in [0.15, 0.2) is 60.7 Å². The molecule has 2 aromatic carbocycles. The van der Waals surface area contributed by atoms with Crippen LogP contribution in [-0.4, -0.2) is 85.6 Å². The molecule has 0 amide bonds. The third-order valence-corrected chi connectivity index (χ3v) is 7.56. The molecule has 0 spiro atoms. The summed E-state index contributed by atoms with van der Waals surface area (Å²) in [7, 11) is 4.49. The molecule has 31 heavy (non-hydrogen) atoms. The molecule has 2 fully saturated rings. The molecule has 0 aliphatic carbocycles. The monoisotopic (exact) mass is 502 g/mol. The van der Waals surface area contributed by atoms with E-state index < -0.39 is 4.46 Å². The van der Waals surface area contributed by atoms with E-state index in [1.165, 1.54) is 11.3 Å². The van der Waals surface area contributed by atoms with Crippen molar-refractivity contribution < 1.29 is 17.1 Å².